The van der Waals surface area contributed by atoms with Crippen molar-refractivity contribution in [1.29, 1.82) is 0 Å². The normalized spacial score (nSPS) is 11.8. The van der Waals surface area contributed by atoms with Crippen LogP contribution in [0.1, 0.15) is 43.5 Å². The second kappa shape index (κ2) is 11.9. The van der Waals surface area contributed by atoms with Crippen molar-refractivity contribution in [2.75, 3.05) is 11.9 Å². The van der Waals surface area contributed by atoms with Crippen molar-refractivity contribution >= 4 is 22.6 Å². The number of para-hydroxylation sites is 1. The van der Waals surface area contributed by atoms with E-state index < -0.39 is 6.04 Å². The van der Waals surface area contributed by atoms with E-state index in [1.165, 1.54) is 0 Å². The molecule has 5 aromatic rings. The average molecular weight is 537 g/mol. The van der Waals surface area contributed by atoms with E-state index in [1.807, 2.05) is 93.6 Å². The number of carbonyl (C=O) groups excluding carboxylic acids is 1. The molecule has 1 atom stereocenters. The van der Waals surface area contributed by atoms with Gasteiger partial charge in [-0.05, 0) is 80.9 Å². The zero-order valence-corrected chi connectivity index (χ0v) is 22.8. The second-order valence-electron chi connectivity index (χ2n) is 9.48. The maximum atomic E-state index is 14.0. The Hall–Kier alpha value is -4.85. The summed E-state index contributed by atoms with van der Waals surface area (Å²) in [6.07, 6.45) is 2.08. The number of carbonyl (C=O) groups is 1. The van der Waals surface area contributed by atoms with Crippen LogP contribution in [0.15, 0.2) is 100 Å². The molecule has 0 aliphatic rings. The van der Waals surface area contributed by atoms with Gasteiger partial charge < -0.3 is 19.4 Å². The molecule has 5 rings (SSSR count). The van der Waals surface area contributed by atoms with Crippen LogP contribution in [0.3, 0.4) is 0 Å². The first-order valence-electron chi connectivity index (χ1n) is 13.4. The van der Waals surface area contributed by atoms with Crippen LogP contribution >= 0.6 is 0 Å². The Morgan fingerprint density at radius 1 is 1.00 bits per heavy atom. The van der Waals surface area contributed by atoms with E-state index in [1.54, 1.807) is 27.9 Å². The Labute approximate surface area is 232 Å². The van der Waals surface area contributed by atoms with Crippen LogP contribution in [-0.4, -0.2) is 27.1 Å². The number of anilines is 1. The molecule has 3 aromatic carbocycles. The van der Waals surface area contributed by atoms with Crippen LogP contribution in [0.2, 0.25) is 0 Å². The second-order valence-corrected chi connectivity index (χ2v) is 9.48. The largest absolute Gasteiger partial charge is 0.494 e. The highest BCUT2D eigenvalue weighted by Crippen LogP contribution is 2.29. The summed E-state index contributed by atoms with van der Waals surface area (Å²) >= 11 is 0. The van der Waals surface area contributed by atoms with Crippen molar-refractivity contribution in [3.63, 3.8) is 0 Å². The van der Waals surface area contributed by atoms with E-state index in [4.69, 9.17) is 14.1 Å². The van der Waals surface area contributed by atoms with E-state index in [2.05, 4.69) is 5.32 Å². The van der Waals surface area contributed by atoms with Crippen LogP contribution in [0.5, 0.6) is 5.75 Å². The molecule has 0 spiro atoms. The minimum atomic E-state index is -0.556. The van der Waals surface area contributed by atoms with Crippen molar-refractivity contribution in [2.45, 2.75) is 39.8 Å². The number of benzene rings is 3. The quantitative estimate of drug-likeness (QED) is 0.222. The molecule has 2 aromatic heterocycles. The summed E-state index contributed by atoms with van der Waals surface area (Å²) in [7, 11) is 0. The van der Waals surface area contributed by atoms with Crippen LogP contribution in [0.25, 0.3) is 16.6 Å². The van der Waals surface area contributed by atoms with Gasteiger partial charge in [-0.25, -0.2) is 9.78 Å². The van der Waals surface area contributed by atoms with Gasteiger partial charge in [-0.1, -0.05) is 36.8 Å². The molecule has 1 unspecified atom stereocenters. The molecule has 204 valence electrons. The lowest BCUT2D eigenvalue weighted by atomic mass is 10.1. The number of nitrogens with zero attached hydrogens (tertiary/aromatic N) is 3. The lowest BCUT2D eigenvalue weighted by molar-refractivity contribution is 0.170. The van der Waals surface area contributed by atoms with Crippen LogP contribution in [0, 0.1) is 6.92 Å². The van der Waals surface area contributed by atoms with Gasteiger partial charge in [0.15, 0.2) is 0 Å². The average Bonchev–Trinajstić information content (AvgIpc) is 3.48. The molecule has 0 saturated carbocycles. The van der Waals surface area contributed by atoms with E-state index in [-0.39, 0.29) is 18.1 Å². The van der Waals surface area contributed by atoms with E-state index in [0.717, 1.165) is 5.56 Å². The first kappa shape index (κ1) is 26.7. The maximum absolute atomic E-state index is 14.0. The highest BCUT2D eigenvalue weighted by Gasteiger charge is 2.30. The summed E-state index contributed by atoms with van der Waals surface area (Å²) in [6, 6.07) is 24.9. The molecule has 0 saturated heterocycles. The van der Waals surface area contributed by atoms with Crippen molar-refractivity contribution < 1.29 is 13.9 Å². The molecule has 2 amide bonds. The van der Waals surface area contributed by atoms with Crippen LogP contribution < -0.4 is 15.6 Å². The van der Waals surface area contributed by atoms with Gasteiger partial charge in [0.05, 0.1) is 42.0 Å². The van der Waals surface area contributed by atoms with E-state index in [0.29, 0.717) is 52.6 Å². The number of nitrogens with one attached hydrogen (secondary N) is 1. The lowest BCUT2D eigenvalue weighted by Crippen LogP contribution is -2.40. The first-order chi connectivity index (χ1) is 19.5. The van der Waals surface area contributed by atoms with E-state index in [9.17, 15) is 9.59 Å². The predicted molar refractivity (Wildman–Crippen MR) is 156 cm³/mol. The summed E-state index contributed by atoms with van der Waals surface area (Å²) < 4.78 is 12.8. The number of aromatic nitrogens is 2. The Morgan fingerprint density at radius 3 is 2.42 bits per heavy atom. The van der Waals surface area contributed by atoms with Gasteiger partial charge in [-0.2, -0.15) is 0 Å². The molecule has 1 N–H and O–H groups in total. The third kappa shape index (κ3) is 5.61. The van der Waals surface area contributed by atoms with Crippen molar-refractivity contribution in [3.8, 4) is 11.4 Å². The molecule has 0 aliphatic carbocycles. The van der Waals surface area contributed by atoms with Gasteiger partial charge >= 0.3 is 6.03 Å². The first-order valence-corrected chi connectivity index (χ1v) is 13.4. The Bertz CT molecular complexity index is 1640. The van der Waals surface area contributed by atoms with Crippen molar-refractivity contribution in [1.82, 2.24) is 14.5 Å². The Balaban J connectivity index is 1.65. The van der Waals surface area contributed by atoms with Crippen molar-refractivity contribution in [3.05, 3.63) is 119 Å². The molecule has 2 heterocycles. The monoisotopic (exact) mass is 536 g/mol. The number of rotatable bonds is 9. The number of urea groups is 1. The molecule has 40 heavy (non-hydrogen) atoms. The number of furan rings is 1. The van der Waals surface area contributed by atoms with Crippen molar-refractivity contribution in [2.24, 2.45) is 0 Å². The Morgan fingerprint density at radius 2 is 1.75 bits per heavy atom. The third-order valence-electron chi connectivity index (χ3n) is 6.74. The van der Waals surface area contributed by atoms with Gasteiger partial charge in [0.25, 0.3) is 5.56 Å². The summed E-state index contributed by atoms with van der Waals surface area (Å²) in [5.41, 5.74) is 2.76. The predicted octanol–water partition coefficient (Wildman–Crippen LogP) is 6.87. The van der Waals surface area contributed by atoms with Gasteiger partial charge in [0.1, 0.15) is 17.3 Å². The maximum Gasteiger partial charge on any atom is 0.322 e. The van der Waals surface area contributed by atoms with Gasteiger partial charge in [-0.3, -0.25) is 9.36 Å². The zero-order chi connectivity index (χ0) is 28.1. The fourth-order valence-electron chi connectivity index (χ4n) is 4.75. The number of ether oxygens (including phenoxy) is 1. The number of aryl methyl sites for hydroxylation is 1. The highest BCUT2D eigenvalue weighted by molar-refractivity contribution is 5.89. The van der Waals surface area contributed by atoms with Crippen LogP contribution in [-0.2, 0) is 6.54 Å². The molecule has 8 heteroatoms. The number of hydrogen-bond donors (Lipinski definition) is 1. The summed E-state index contributed by atoms with van der Waals surface area (Å²) in [5.74, 6) is 1.78. The summed E-state index contributed by atoms with van der Waals surface area (Å²) in [6.45, 7) is 6.62. The molecule has 0 bridgehead atoms. The third-order valence-corrected chi connectivity index (χ3v) is 6.74. The number of amides is 2. The number of hydrogen-bond acceptors (Lipinski definition) is 5. The molecular weight excluding hydrogens is 504 g/mol. The lowest BCUT2D eigenvalue weighted by Gasteiger charge is -2.32. The topological polar surface area (TPSA) is 89.6 Å². The fraction of sp³-hybridized carbons (Fsp3) is 0.219. The minimum Gasteiger partial charge on any atom is -0.494 e. The summed E-state index contributed by atoms with van der Waals surface area (Å²) in [5, 5.41) is 3.51. The molecule has 8 nitrogen and oxygen atoms in total. The highest BCUT2D eigenvalue weighted by atomic mass is 16.5. The molecule has 0 fully saturated rings. The van der Waals surface area contributed by atoms with Gasteiger partial charge in [-0.15, -0.1) is 0 Å². The minimum absolute atomic E-state index is 0.190. The van der Waals surface area contributed by atoms with Crippen LogP contribution in [0.4, 0.5) is 10.5 Å². The molecule has 0 radical (unpaired) electrons. The number of fused-ring (bicyclic) bond motifs is 1. The van der Waals surface area contributed by atoms with Gasteiger partial charge in [0.2, 0.25) is 0 Å². The smallest absolute Gasteiger partial charge is 0.322 e. The molecular formula is C32H32N4O4. The Kier molecular flexibility index (Phi) is 7.96. The summed E-state index contributed by atoms with van der Waals surface area (Å²) in [4.78, 5) is 34.5. The molecule has 0 aliphatic heterocycles. The zero-order valence-electron chi connectivity index (χ0n) is 22.8. The van der Waals surface area contributed by atoms with Gasteiger partial charge in [0, 0.05) is 5.69 Å². The standard InChI is InChI=1S/C32H32N4O4/c1-4-29(35(21-26-9-8-20-40-26)32(38)33-23-14-12-22(3)13-15-23)30-34-28-11-7-6-10-27(28)31(37)36(30)24-16-18-25(19-17-24)39-5-2/h6-20,29H,4-5,21H2,1-3H3,(H,33,38). The SMILES string of the molecule is CCOc1ccc(-n2c(C(CC)N(Cc3ccco3)C(=O)Nc3ccc(C)cc3)nc3ccccc3c2=O)cc1. The van der Waals surface area contributed by atoms with E-state index >= 15 is 0 Å². The fourth-order valence-corrected chi connectivity index (χ4v) is 4.75.